The zero-order valence-corrected chi connectivity index (χ0v) is 10.6. The second-order valence-electron chi connectivity index (χ2n) is 4.52. The number of aromatic carboxylic acids is 1. The Balaban J connectivity index is 2.13. The Kier molecular flexibility index (Phi) is 3.76. The average Bonchev–Trinajstić information content (AvgIpc) is 2.80. The van der Waals surface area contributed by atoms with Gasteiger partial charge < -0.3 is 14.7 Å². The summed E-state index contributed by atoms with van der Waals surface area (Å²) in [5.74, 6) is -0.602. The zero-order chi connectivity index (χ0) is 13.1. The van der Waals surface area contributed by atoms with Crippen LogP contribution in [0.4, 0.5) is 5.95 Å². The summed E-state index contributed by atoms with van der Waals surface area (Å²) in [5.41, 5.74) is 0.674. The summed E-state index contributed by atoms with van der Waals surface area (Å²) in [6.07, 6.45) is 2.29. The first-order valence-electron chi connectivity index (χ1n) is 5.98. The molecule has 0 bridgehead atoms. The van der Waals surface area contributed by atoms with Gasteiger partial charge in [0.2, 0.25) is 5.95 Å². The van der Waals surface area contributed by atoms with Crippen molar-refractivity contribution in [1.29, 1.82) is 0 Å². The van der Waals surface area contributed by atoms with Crippen LogP contribution in [0.25, 0.3) is 0 Å². The number of carbonyl (C=O) groups is 1. The molecule has 0 amide bonds. The first-order chi connectivity index (χ1) is 8.56. The van der Waals surface area contributed by atoms with Gasteiger partial charge in [-0.2, -0.15) is 0 Å². The van der Waals surface area contributed by atoms with E-state index in [1.54, 1.807) is 6.92 Å². The highest BCUT2D eigenvalue weighted by Crippen LogP contribution is 2.16. The SMILES string of the molecule is Cc1cc(C(=O)O)nc(N(C)CC2CCCO2)n1. The molecule has 1 atom stereocenters. The molecule has 2 rings (SSSR count). The van der Waals surface area contributed by atoms with E-state index in [0.29, 0.717) is 18.2 Å². The second kappa shape index (κ2) is 5.30. The van der Waals surface area contributed by atoms with Crippen molar-refractivity contribution in [2.45, 2.75) is 25.9 Å². The number of ether oxygens (including phenoxy) is 1. The van der Waals surface area contributed by atoms with E-state index in [1.807, 2.05) is 11.9 Å². The van der Waals surface area contributed by atoms with Gasteiger partial charge in [0.25, 0.3) is 0 Å². The van der Waals surface area contributed by atoms with Gasteiger partial charge >= 0.3 is 5.97 Å². The van der Waals surface area contributed by atoms with Gasteiger partial charge in [-0.05, 0) is 25.8 Å². The van der Waals surface area contributed by atoms with Crippen molar-refractivity contribution in [3.63, 3.8) is 0 Å². The van der Waals surface area contributed by atoms with Crippen LogP contribution < -0.4 is 4.90 Å². The van der Waals surface area contributed by atoms with Gasteiger partial charge in [-0.25, -0.2) is 14.8 Å². The van der Waals surface area contributed by atoms with Gasteiger partial charge in [-0.1, -0.05) is 0 Å². The summed E-state index contributed by atoms with van der Waals surface area (Å²) < 4.78 is 5.54. The van der Waals surface area contributed by atoms with Crippen molar-refractivity contribution >= 4 is 11.9 Å². The molecule has 6 nitrogen and oxygen atoms in total. The molecule has 0 aliphatic carbocycles. The van der Waals surface area contributed by atoms with Crippen LogP contribution in [0.2, 0.25) is 0 Å². The summed E-state index contributed by atoms with van der Waals surface area (Å²) in [6, 6.07) is 1.46. The molecule has 1 aromatic heterocycles. The van der Waals surface area contributed by atoms with Gasteiger partial charge in [0.1, 0.15) is 0 Å². The highest BCUT2D eigenvalue weighted by molar-refractivity contribution is 5.85. The standard InChI is InChI=1S/C12H17N3O3/c1-8-6-10(11(16)17)14-12(13-8)15(2)7-9-4-3-5-18-9/h6,9H,3-5,7H2,1-2H3,(H,16,17). The number of rotatable bonds is 4. The molecular formula is C12H17N3O3. The smallest absolute Gasteiger partial charge is 0.354 e. The predicted octanol–water partition coefficient (Wildman–Crippen LogP) is 1.10. The number of carboxylic acid groups (broad SMARTS) is 1. The van der Waals surface area contributed by atoms with Crippen LogP contribution in [-0.4, -0.2) is 47.3 Å². The lowest BCUT2D eigenvalue weighted by Gasteiger charge is -2.21. The van der Waals surface area contributed by atoms with Crippen LogP contribution in [0.5, 0.6) is 0 Å². The molecule has 0 radical (unpaired) electrons. The van der Waals surface area contributed by atoms with Crippen molar-refractivity contribution in [2.24, 2.45) is 0 Å². The minimum absolute atomic E-state index is 0.0247. The molecule has 6 heteroatoms. The van der Waals surface area contributed by atoms with Crippen LogP contribution in [0.1, 0.15) is 29.0 Å². The third-order valence-electron chi connectivity index (χ3n) is 2.90. The van der Waals surface area contributed by atoms with E-state index in [-0.39, 0.29) is 11.8 Å². The lowest BCUT2D eigenvalue weighted by atomic mass is 10.2. The van der Waals surface area contributed by atoms with Gasteiger partial charge in [0.05, 0.1) is 6.10 Å². The van der Waals surface area contributed by atoms with Crippen molar-refractivity contribution in [1.82, 2.24) is 9.97 Å². The fourth-order valence-corrected chi connectivity index (χ4v) is 2.01. The highest BCUT2D eigenvalue weighted by atomic mass is 16.5. The van der Waals surface area contributed by atoms with Gasteiger partial charge in [-0.15, -0.1) is 0 Å². The van der Waals surface area contributed by atoms with Gasteiger partial charge in [-0.3, -0.25) is 0 Å². The first kappa shape index (κ1) is 12.8. The minimum atomic E-state index is -1.03. The summed E-state index contributed by atoms with van der Waals surface area (Å²) in [5, 5.41) is 8.97. The van der Waals surface area contributed by atoms with Crippen molar-refractivity contribution in [2.75, 3.05) is 25.1 Å². The number of aromatic nitrogens is 2. The number of hydrogen-bond donors (Lipinski definition) is 1. The topological polar surface area (TPSA) is 75.5 Å². The Morgan fingerprint density at radius 2 is 2.39 bits per heavy atom. The van der Waals surface area contributed by atoms with E-state index >= 15 is 0 Å². The fraction of sp³-hybridized carbons (Fsp3) is 0.583. The molecule has 0 aromatic carbocycles. The fourth-order valence-electron chi connectivity index (χ4n) is 2.01. The summed E-state index contributed by atoms with van der Waals surface area (Å²) >= 11 is 0. The Labute approximate surface area is 106 Å². The van der Waals surface area contributed by atoms with Gasteiger partial charge in [0.15, 0.2) is 5.69 Å². The number of carboxylic acids is 1. The quantitative estimate of drug-likeness (QED) is 0.863. The van der Waals surface area contributed by atoms with Crippen LogP contribution >= 0.6 is 0 Å². The zero-order valence-electron chi connectivity index (χ0n) is 10.6. The molecule has 98 valence electrons. The molecule has 1 unspecified atom stereocenters. The molecule has 0 saturated carbocycles. The number of nitrogens with zero attached hydrogens (tertiary/aromatic N) is 3. The maximum atomic E-state index is 10.9. The lowest BCUT2D eigenvalue weighted by Crippen LogP contribution is -2.30. The molecule has 18 heavy (non-hydrogen) atoms. The molecule has 0 spiro atoms. The summed E-state index contributed by atoms with van der Waals surface area (Å²) in [7, 11) is 1.85. The van der Waals surface area contributed by atoms with Crippen molar-refractivity contribution in [3.8, 4) is 0 Å². The molecule has 1 aliphatic heterocycles. The second-order valence-corrected chi connectivity index (χ2v) is 4.52. The molecular weight excluding hydrogens is 234 g/mol. The maximum Gasteiger partial charge on any atom is 0.354 e. The summed E-state index contributed by atoms with van der Waals surface area (Å²) in [4.78, 5) is 21.1. The number of anilines is 1. The van der Waals surface area contributed by atoms with Crippen LogP contribution in [-0.2, 0) is 4.74 Å². The van der Waals surface area contributed by atoms with Crippen molar-refractivity contribution in [3.05, 3.63) is 17.5 Å². The van der Waals surface area contributed by atoms with Crippen LogP contribution in [0.15, 0.2) is 6.07 Å². The minimum Gasteiger partial charge on any atom is -0.477 e. The van der Waals surface area contributed by atoms with Crippen molar-refractivity contribution < 1.29 is 14.6 Å². The van der Waals surface area contributed by atoms with E-state index in [1.165, 1.54) is 6.07 Å². The highest BCUT2D eigenvalue weighted by Gasteiger charge is 2.19. The van der Waals surface area contributed by atoms with E-state index in [9.17, 15) is 4.79 Å². The largest absolute Gasteiger partial charge is 0.477 e. The molecule has 2 heterocycles. The third kappa shape index (κ3) is 2.95. The Hall–Kier alpha value is -1.69. The Morgan fingerprint density at radius 1 is 1.61 bits per heavy atom. The summed E-state index contributed by atoms with van der Waals surface area (Å²) in [6.45, 7) is 3.24. The van der Waals surface area contributed by atoms with E-state index in [0.717, 1.165) is 19.4 Å². The molecule has 1 saturated heterocycles. The maximum absolute atomic E-state index is 10.9. The number of hydrogen-bond acceptors (Lipinski definition) is 5. The first-order valence-corrected chi connectivity index (χ1v) is 5.98. The lowest BCUT2D eigenvalue weighted by molar-refractivity contribution is 0.0690. The Bertz CT molecular complexity index is 444. The number of aryl methyl sites for hydroxylation is 1. The average molecular weight is 251 g/mol. The van der Waals surface area contributed by atoms with E-state index in [4.69, 9.17) is 9.84 Å². The molecule has 1 N–H and O–H groups in total. The number of likely N-dealkylation sites (N-methyl/N-ethyl adjacent to an activating group) is 1. The van der Waals surface area contributed by atoms with Gasteiger partial charge in [0, 0.05) is 25.9 Å². The van der Waals surface area contributed by atoms with Crippen LogP contribution in [0, 0.1) is 6.92 Å². The monoisotopic (exact) mass is 251 g/mol. The molecule has 1 aliphatic rings. The third-order valence-corrected chi connectivity index (χ3v) is 2.90. The molecule has 1 aromatic rings. The van der Waals surface area contributed by atoms with Crippen LogP contribution in [0.3, 0.4) is 0 Å². The normalized spacial score (nSPS) is 18.9. The molecule has 1 fully saturated rings. The van der Waals surface area contributed by atoms with E-state index in [2.05, 4.69) is 9.97 Å². The predicted molar refractivity (Wildman–Crippen MR) is 66.0 cm³/mol. The van der Waals surface area contributed by atoms with E-state index < -0.39 is 5.97 Å². The Morgan fingerprint density at radius 3 is 3.00 bits per heavy atom.